The van der Waals surface area contributed by atoms with E-state index in [-0.39, 0.29) is 0 Å². The van der Waals surface area contributed by atoms with Crippen molar-refractivity contribution >= 4 is 28.2 Å². The average Bonchev–Trinajstić information content (AvgIpc) is 3.02. The first kappa shape index (κ1) is 10.5. The molecule has 3 heterocycles. The molecule has 0 aliphatic heterocycles. The summed E-state index contributed by atoms with van der Waals surface area (Å²) in [4.78, 5) is 3.99. The van der Waals surface area contributed by atoms with Crippen molar-refractivity contribution in [3.05, 3.63) is 41.8 Å². The second kappa shape index (κ2) is 3.76. The Kier molecular flexibility index (Phi) is 2.07. The molecular weight excluding hydrogens is 264 g/mol. The van der Waals surface area contributed by atoms with Gasteiger partial charge < -0.3 is 0 Å². The summed E-state index contributed by atoms with van der Waals surface area (Å²) >= 11 is 6.15. The van der Waals surface area contributed by atoms with Crippen LogP contribution in [-0.2, 0) is 0 Å². The summed E-state index contributed by atoms with van der Waals surface area (Å²) in [7, 11) is 0. The van der Waals surface area contributed by atoms with Gasteiger partial charge in [0.25, 0.3) is 0 Å². The van der Waals surface area contributed by atoms with Crippen LogP contribution in [0.5, 0.6) is 0 Å². The summed E-state index contributed by atoms with van der Waals surface area (Å²) in [6.45, 7) is 0. The smallest absolute Gasteiger partial charge is 0.190 e. The van der Waals surface area contributed by atoms with Gasteiger partial charge in [-0.1, -0.05) is 29.8 Å². The lowest BCUT2D eigenvalue weighted by molar-refractivity contribution is 1.05. The minimum absolute atomic E-state index is 0.449. The van der Waals surface area contributed by atoms with Gasteiger partial charge in [0, 0.05) is 5.39 Å². The molecule has 19 heavy (non-hydrogen) atoms. The third-order valence-corrected chi connectivity index (χ3v) is 3.22. The molecule has 0 bridgehead atoms. The van der Waals surface area contributed by atoms with E-state index < -0.39 is 0 Å². The predicted molar refractivity (Wildman–Crippen MR) is 70.9 cm³/mol. The highest BCUT2D eigenvalue weighted by molar-refractivity contribution is 6.29. The van der Waals surface area contributed by atoms with Crippen LogP contribution in [0.3, 0.4) is 0 Å². The molecule has 4 rings (SSSR count). The zero-order valence-corrected chi connectivity index (χ0v) is 10.3. The average molecular weight is 271 g/mol. The maximum atomic E-state index is 6.15. The Balaban J connectivity index is 2.10. The van der Waals surface area contributed by atoms with Gasteiger partial charge in [-0.25, -0.2) is 0 Å². The molecule has 0 saturated carbocycles. The van der Waals surface area contributed by atoms with E-state index in [2.05, 4.69) is 25.4 Å². The molecule has 0 aliphatic carbocycles. The van der Waals surface area contributed by atoms with Crippen molar-refractivity contribution in [2.45, 2.75) is 0 Å². The molecule has 1 aromatic carbocycles. The minimum atomic E-state index is 0.449. The molecule has 92 valence electrons. The number of rotatable bonds is 1. The van der Waals surface area contributed by atoms with Crippen LogP contribution in [0.2, 0.25) is 5.15 Å². The first-order valence-corrected chi connectivity index (χ1v) is 6.00. The monoisotopic (exact) mass is 270 g/mol. The quantitative estimate of drug-likeness (QED) is 0.576. The Bertz CT molecular complexity index is 893. The van der Waals surface area contributed by atoms with Crippen LogP contribution in [0.1, 0.15) is 0 Å². The molecule has 1 N–H and O–H groups in total. The molecule has 0 amide bonds. The van der Waals surface area contributed by atoms with Crippen molar-refractivity contribution in [3.8, 4) is 11.5 Å². The Hall–Kier alpha value is -2.47. The zero-order chi connectivity index (χ0) is 12.8. The number of halogens is 1. The molecule has 0 atom stereocenters. The molecular formula is C12H7ClN6. The van der Waals surface area contributed by atoms with Gasteiger partial charge >= 0.3 is 0 Å². The number of H-pyrrole nitrogens is 1. The van der Waals surface area contributed by atoms with E-state index in [1.54, 1.807) is 16.8 Å². The Morgan fingerprint density at radius 2 is 2.00 bits per heavy atom. The summed E-state index contributed by atoms with van der Waals surface area (Å²) in [6.07, 6.45) is 3.16. The number of benzene rings is 1. The molecule has 0 saturated heterocycles. The second-order valence-electron chi connectivity index (χ2n) is 4.07. The molecule has 7 heteroatoms. The van der Waals surface area contributed by atoms with E-state index in [1.165, 1.54) is 0 Å². The van der Waals surface area contributed by atoms with Crippen molar-refractivity contribution in [2.24, 2.45) is 0 Å². The zero-order valence-electron chi connectivity index (χ0n) is 9.58. The number of aromatic amines is 1. The van der Waals surface area contributed by atoms with Crippen LogP contribution < -0.4 is 0 Å². The number of hydrogen-bond acceptors (Lipinski definition) is 4. The van der Waals surface area contributed by atoms with E-state index in [4.69, 9.17) is 11.6 Å². The molecule has 4 aromatic rings. The predicted octanol–water partition coefficient (Wildman–Crippen LogP) is 2.32. The number of aromatic nitrogens is 6. The highest BCUT2D eigenvalue weighted by Gasteiger charge is 2.16. The van der Waals surface area contributed by atoms with Gasteiger partial charge in [-0.05, 0) is 6.07 Å². The van der Waals surface area contributed by atoms with Crippen LogP contribution >= 0.6 is 11.6 Å². The fourth-order valence-corrected chi connectivity index (χ4v) is 2.32. The normalized spacial score (nSPS) is 11.4. The second-order valence-corrected chi connectivity index (χ2v) is 4.45. The van der Waals surface area contributed by atoms with Crippen molar-refractivity contribution < 1.29 is 0 Å². The van der Waals surface area contributed by atoms with Crippen molar-refractivity contribution in [1.82, 2.24) is 29.8 Å². The topological polar surface area (TPSA) is 71.8 Å². The third kappa shape index (κ3) is 1.43. The lowest BCUT2D eigenvalue weighted by Gasteiger charge is -1.99. The Morgan fingerprint density at radius 3 is 2.95 bits per heavy atom. The number of nitrogens with one attached hydrogen (secondary N) is 1. The summed E-state index contributed by atoms with van der Waals surface area (Å²) in [5, 5.41) is 16.9. The van der Waals surface area contributed by atoms with Gasteiger partial charge in [0.2, 0.25) is 0 Å². The summed E-state index contributed by atoms with van der Waals surface area (Å²) in [5.74, 6) is 0.597. The maximum absolute atomic E-state index is 6.15. The third-order valence-electron chi connectivity index (χ3n) is 2.95. The summed E-state index contributed by atoms with van der Waals surface area (Å²) in [5.41, 5.74) is 2.25. The summed E-state index contributed by atoms with van der Waals surface area (Å²) in [6, 6.07) is 7.83. The SMILES string of the molecule is Clc1cncc2nnc(-c3n[nH]c4ccccc34)n12. The fourth-order valence-electron chi connectivity index (χ4n) is 2.10. The first-order valence-electron chi connectivity index (χ1n) is 5.63. The van der Waals surface area contributed by atoms with E-state index in [1.807, 2.05) is 24.3 Å². The van der Waals surface area contributed by atoms with Crippen LogP contribution in [0.25, 0.3) is 28.1 Å². The Labute approximate surface area is 112 Å². The van der Waals surface area contributed by atoms with E-state index in [0.29, 0.717) is 16.6 Å². The minimum Gasteiger partial charge on any atom is -0.277 e. The highest BCUT2D eigenvalue weighted by Crippen LogP contribution is 2.26. The number of fused-ring (bicyclic) bond motifs is 2. The van der Waals surface area contributed by atoms with Crippen LogP contribution in [-0.4, -0.2) is 29.8 Å². The van der Waals surface area contributed by atoms with E-state index in [9.17, 15) is 0 Å². The largest absolute Gasteiger partial charge is 0.277 e. The van der Waals surface area contributed by atoms with Crippen molar-refractivity contribution in [1.29, 1.82) is 0 Å². The van der Waals surface area contributed by atoms with E-state index in [0.717, 1.165) is 16.6 Å². The maximum Gasteiger partial charge on any atom is 0.190 e. The van der Waals surface area contributed by atoms with Crippen LogP contribution in [0.4, 0.5) is 0 Å². The molecule has 3 aromatic heterocycles. The van der Waals surface area contributed by atoms with Crippen LogP contribution in [0.15, 0.2) is 36.7 Å². The molecule has 0 spiro atoms. The fraction of sp³-hybridized carbons (Fsp3) is 0. The number of para-hydroxylation sites is 1. The molecule has 0 unspecified atom stereocenters. The standard InChI is InChI=1S/C12H7ClN6/c13-9-5-14-6-10-16-18-12(19(9)10)11-7-3-1-2-4-8(7)15-17-11/h1-6H,(H,15,17). The first-order chi connectivity index (χ1) is 9.34. The van der Waals surface area contributed by atoms with Gasteiger partial charge in [-0.15, -0.1) is 10.2 Å². The van der Waals surface area contributed by atoms with Gasteiger partial charge in [0.15, 0.2) is 11.5 Å². The molecule has 0 fully saturated rings. The van der Waals surface area contributed by atoms with Gasteiger partial charge in [-0.3, -0.25) is 14.5 Å². The lowest BCUT2D eigenvalue weighted by Crippen LogP contribution is -1.92. The van der Waals surface area contributed by atoms with Crippen molar-refractivity contribution in [3.63, 3.8) is 0 Å². The lowest BCUT2D eigenvalue weighted by atomic mass is 10.2. The van der Waals surface area contributed by atoms with Gasteiger partial charge in [0.05, 0.1) is 17.9 Å². The molecule has 0 aliphatic rings. The van der Waals surface area contributed by atoms with Crippen molar-refractivity contribution in [2.75, 3.05) is 0 Å². The van der Waals surface area contributed by atoms with E-state index >= 15 is 0 Å². The number of nitrogens with zero attached hydrogens (tertiary/aromatic N) is 5. The van der Waals surface area contributed by atoms with Crippen LogP contribution in [0, 0.1) is 0 Å². The van der Waals surface area contributed by atoms with Gasteiger partial charge in [0.1, 0.15) is 10.8 Å². The van der Waals surface area contributed by atoms with Gasteiger partial charge in [-0.2, -0.15) is 5.10 Å². The Morgan fingerprint density at radius 1 is 1.11 bits per heavy atom. The number of hydrogen-bond donors (Lipinski definition) is 1. The highest BCUT2D eigenvalue weighted by atomic mass is 35.5. The molecule has 0 radical (unpaired) electrons. The molecule has 6 nitrogen and oxygen atoms in total. The summed E-state index contributed by atoms with van der Waals surface area (Å²) < 4.78 is 1.72.